The third-order valence-electron chi connectivity index (χ3n) is 2.03. The van der Waals surface area contributed by atoms with Crippen molar-refractivity contribution in [3.63, 3.8) is 0 Å². The van der Waals surface area contributed by atoms with E-state index >= 15 is 0 Å². The van der Waals surface area contributed by atoms with Crippen LogP contribution in [-0.4, -0.2) is 9.30 Å². The van der Waals surface area contributed by atoms with Crippen LogP contribution >= 0.6 is 34.2 Å². The molecule has 0 nitrogen and oxygen atoms in total. The van der Waals surface area contributed by atoms with Crippen molar-refractivity contribution in [3.05, 3.63) is 0 Å². The molecule has 3 atom stereocenters. The molecule has 3 unspecified atom stereocenters. The van der Waals surface area contributed by atoms with Gasteiger partial charge in [0.05, 0.1) is 0 Å². The summed E-state index contributed by atoms with van der Waals surface area (Å²) in [5, 5.41) is 0.461. The van der Waals surface area contributed by atoms with Gasteiger partial charge in [0.15, 0.2) is 0 Å². The Hall–Kier alpha value is 1.02. The summed E-state index contributed by atoms with van der Waals surface area (Å²) < 4.78 is 0.818. The van der Waals surface area contributed by atoms with Crippen molar-refractivity contribution in [1.82, 2.24) is 0 Å². The molecule has 0 aromatic rings. The standard InChI is InChI=1S/C7H12ClI/c1-5-2-3-6(8)4-7(5)9/h5-7H,2-4H2,1H3. The minimum absolute atomic E-state index is 0.461. The molecule has 1 saturated carbocycles. The second kappa shape index (κ2) is 3.42. The van der Waals surface area contributed by atoms with Crippen molar-refractivity contribution in [3.8, 4) is 0 Å². The molecule has 0 radical (unpaired) electrons. The molecule has 1 rings (SSSR count). The summed E-state index contributed by atoms with van der Waals surface area (Å²) in [6.07, 6.45) is 3.76. The number of rotatable bonds is 0. The Balaban J connectivity index is 2.35. The normalized spacial score (nSPS) is 45.0. The van der Waals surface area contributed by atoms with E-state index in [-0.39, 0.29) is 0 Å². The molecule has 0 amide bonds. The summed E-state index contributed by atoms with van der Waals surface area (Å²) in [7, 11) is 0. The van der Waals surface area contributed by atoms with Crippen LogP contribution in [0.3, 0.4) is 0 Å². The minimum Gasteiger partial charge on any atom is -0.123 e. The third-order valence-corrected chi connectivity index (χ3v) is 4.17. The van der Waals surface area contributed by atoms with E-state index in [0.29, 0.717) is 5.38 Å². The maximum atomic E-state index is 5.97. The Kier molecular flexibility index (Phi) is 3.09. The van der Waals surface area contributed by atoms with E-state index in [1.807, 2.05) is 0 Å². The Labute approximate surface area is 75.5 Å². The largest absolute Gasteiger partial charge is 0.123 e. The lowest BCUT2D eigenvalue weighted by molar-refractivity contribution is 0.414. The van der Waals surface area contributed by atoms with E-state index in [9.17, 15) is 0 Å². The molecule has 2 heteroatoms. The molecular formula is C7H12ClI. The van der Waals surface area contributed by atoms with Crippen LogP contribution in [0.15, 0.2) is 0 Å². The molecule has 0 aromatic heterocycles. The first kappa shape index (κ1) is 8.12. The highest BCUT2D eigenvalue weighted by Crippen LogP contribution is 2.32. The van der Waals surface area contributed by atoms with Crippen molar-refractivity contribution < 1.29 is 0 Å². The molecule has 0 heterocycles. The topological polar surface area (TPSA) is 0 Å². The fraction of sp³-hybridized carbons (Fsp3) is 1.00. The lowest BCUT2D eigenvalue weighted by Crippen LogP contribution is -2.22. The quantitative estimate of drug-likeness (QED) is 0.462. The van der Waals surface area contributed by atoms with Crippen LogP contribution in [0.25, 0.3) is 0 Å². The number of hydrogen-bond acceptors (Lipinski definition) is 0. The van der Waals surface area contributed by atoms with Gasteiger partial charge in [0.25, 0.3) is 0 Å². The van der Waals surface area contributed by atoms with Gasteiger partial charge in [0, 0.05) is 9.30 Å². The summed E-state index contributed by atoms with van der Waals surface area (Å²) in [6.45, 7) is 2.32. The van der Waals surface area contributed by atoms with Gasteiger partial charge in [-0.25, -0.2) is 0 Å². The number of hydrogen-bond donors (Lipinski definition) is 0. The summed E-state index contributed by atoms with van der Waals surface area (Å²) in [4.78, 5) is 0. The van der Waals surface area contributed by atoms with Crippen LogP contribution in [-0.2, 0) is 0 Å². The maximum Gasteiger partial charge on any atom is 0.0346 e. The number of alkyl halides is 2. The SMILES string of the molecule is CC1CCC(Cl)CC1I. The monoisotopic (exact) mass is 258 g/mol. The zero-order chi connectivity index (χ0) is 6.85. The molecule has 0 spiro atoms. The summed E-state index contributed by atoms with van der Waals surface area (Å²) in [5.74, 6) is 0.889. The highest BCUT2D eigenvalue weighted by atomic mass is 127. The van der Waals surface area contributed by atoms with E-state index in [1.165, 1.54) is 19.3 Å². The Morgan fingerprint density at radius 2 is 2.11 bits per heavy atom. The maximum absolute atomic E-state index is 5.97. The number of halogens is 2. The first-order valence-corrected chi connectivity index (χ1v) is 5.16. The van der Waals surface area contributed by atoms with E-state index < -0.39 is 0 Å². The lowest BCUT2D eigenvalue weighted by Gasteiger charge is -2.26. The molecular weight excluding hydrogens is 246 g/mol. The Morgan fingerprint density at radius 1 is 1.44 bits per heavy atom. The zero-order valence-corrected chi connectivity index (χ0v) is 8.52. The van der Waals surface area contributed by atoms with Crippen LogP contribution in [0, 0.1) is 5.92 Å². The molecule has 1 aliphatic carbocycles. The van der Waals surface area contributed by atoms with E-state index in [2.05, 4.69) is 29.5 Å². The van der Waals surface area contributed by atoms with Gasteiger partial charge in [0.2, 0.25) is 0 Å². The second-order valence-electron chi connectivity index (χ2n) is 2.90. The van der Waals surface area contributed by atoms with Crippen molar-refractivity contribution in [1.29, 1.82) is 0 Å². The molecule has 0 bridgehead atoms. The zero-order valence-electron chi connectivity index (χ0n) is 5.61. The summed E-state index contributed by atoms with van der Waals surface area (Å²) >= 11 is 8.49. The fourth-order valence-electron chi connectivity index (χ4n) is 1.22. The van der Waals surface area contributed by atoms with Gasteiger partial charge in [-0.05, 0) is 25.2 Å². The predicted octanol–water partition coefficient (Wildman–Crippen LogP) is 3.22. The van der Waals surface area contributed by atoms with Crippen molar-refractivity contribution in [2.45, 2.75) is 35.5 Å². The van der Waals surface area contributed by atoms with E-state index in [0.717, 1.165) is 9.84 Å². The molecule has 0 aliphatic heterocycles. The molecule has 54 valence electrons. The second-order valence-corrected chi connectivity index (χ2v) is 5.12. The first-order valence-electron chi connectivity index (χ1n) is 3.48. The molecule has 0 aromatic carbocycles. The van der Waals surface area contributed by atoms with Crippen molar-refractivity contribution >= 4 is 34.2 Å². The van der Waals surface area contributed by atoms with Crippen molar-refractivity contribution in [2.75, 3.05) is 0 Å². The predicted molar refractivity (Wildman–Crippen MR) is 50.5 cm³/mol. The van der Waals surface area contributed by atoms with Crippen LogP contribution < -0.4 is 0 Å². The van der Waals surface area contributed by atoms with Gasteiger partial charge in [0.1, 0.15) is 0 Å². The van der Waals surface area contributed by atoms with Crippen LogP contribution in [0.4, 0.5) is 0 Å². The molecule has 9 heavy (non-hydrogen) atoms. The van der Waals surface area contributed by atoms with Gasteiger partial charge in [-0.3, -0.25) is 0 Å². The van der Waals surface area contributed by atoms with E-state index in [1.54, 1.807) is 0 Å². The van der Waals surface area contributed by atoms with Gasteiger partial charge in [-0.1, -0.05) is 29.5 Å². The summed E-state index contributed by atoms with van der Waals surface area (Å²) in [5.41, 5.74) is 0. The Morgan fingerprint density at radius 3 is 2.56 bits per heavy atom. The van der Waals surface area contributed by atoms with Crippen molar-refractivity contribution in [2.24, 2.45) is 5.92 Å². The average molecular weight is 259 g/mol. The average Bonchev–Trinajstić information content (AvgIpc) is 1.80. The van der Waals surface area contributed by atoms with Crippen LogP contribution in [0.1, 0.15) is 26.2 Å². The Bertz CT molecular complexity index is 94.9. The van der Waals surface area contributed by atoms with Gasteiger partial charge < -0.3 is 0 Å². The highest BCUT2D eigenvalue weighted by molar-refractivity contribution is 14.1. The molecule has 0 saturated heterocycles. The minimum atomic E-state index is 0.461. The fourth-order valence-corrected chi connectivity index (χ4v) is 2.81. The van der Waals surface area contributed by atoms with Crippen LogP contribution in [0.5, 0.6) is 0 Å². The third kappa shape index (κ3) is 2.26. The highest BCUT2D eigenvalue weighted by Gasteiger charge is 2.23. The van der Waals surface area contributed by atoms with Gasteiger partial charge >= 0.3 is 0 Å². The molecule has 0 N–H and O–H groups in total. The van der Waals surface area contributed by atoms with E-state index in [4.69, 9.17) is 11.6 Å². The van der Waals surface area contributed by atoms with Crippen LogP contribution in [0.2, 0.25) is 0 Å². The summed E-state index contributed by atoms with van der Waals surface area (Å²) in [6, 6.07) is 0. The molecule has 1 aliphatic rings. The first-order chi connectivity index (χ1) is 4.20. The smallest absolute Gasteiger partial charge is 0.0346 e. The molecule has 1 fully saturated rings. The van der Waals surface area contributed by atoms with Gasteiger partial charge in [-0.2, -0.15) is 0 Å². The lowest BCUT2D eigenvalue weighted by atomic mass is 9.91. The van der Waals surface area contributed by atoms with Gasteiger partial charge in [-0.15, -0.1) is 11.6 Å².